The lowest BCUT2D eigenvalue weighted by molar-refractivity contribution is -0.192. The molecule has 0 fully saturated rings. The quantitative estimate of drug-likeness (QED) is 0.731. The van der Waals surface area contributed by atoms with Crippen molar-refractivity contribution in [2.24, 2.45) is 0 Å². The summed E-state index contributed by atoms with van der Waals surface area (Å²) in [6, 6.07) is 7.63. The van der Waals surface area contributed by atoms with Crippen molar-refractivity contribution in [1.82, 2.24) is 5.32 Å². The van der Waals surface area contributed by atoms with Crippen LogP contribution < -0.4 is 5.32 Å². The monoisotopic (exact) mass is 247 g/mol. The van der Waals surface area contributed by atoms with E-state index in [0.29, 0.717) is 6.54 Å². The molecule has 1 aliphatic heterocycles. The number of benzene rings is 1. The van der Waals surface area contributed by atoms with Gasteiger partial charge in [0.15, 0.2) is 0 Å². The number of halogens is 3. The fourth-order valence-electron chi connectivity index (χ4n) is 1.17. The Balaban J connectivity index is 0.000000185. The molecule has 1 aliphatic rings. The van der Waals surface area contributed by atoms with Crippen LogP contribution in [0.1, 0.15) is 15.9 Å². The van der Waals surface area contributed by atoms with Gasteiger partial charge < -0.3 is 10.4 Å². The van der Waals surface area contributed by atoms with E-state index in [-0.39, 0.29) is 5.91 Å². The molecule has 2 N–H and O–H groups in total. The van der Waals surface area contributed by atoms with Crippen LogP contribution >= 0.6 is 0 Å². The minimum Gasteiger partial charge on any atom is -0.475 e. The van der Waals surface area contributed by atoms with Gasteiger partial charge in [-0.1, -0.05) is 18.2 Å². The lowest BCUT2D eigenvalue weighted by Gasteiger charge is -1.93. The first-order chi connectivity index (χ1) is 7.82. The number of alkyl halides is 3. The Labute approximate surface area is 94.1 Å². The summed E-state index contributed by atoms with van der Waals surface area (Å²) in [6.07, 6.45) is -5.08. The highest BCUT2D eigenvalue weighted by Gasteiger charge is 2.38. The number of rotatable bonds is 0. The van der Waals surface area contributed by atoms with Crippen molar-refractivity contribution in [3.8, 4) is 0 Å². The third-order valence-corrected chi connectivity index (χ3v) is 1.94. The van der Waals surface area contributed by atoms with Crippen molar-refractivity contribution >= 4 is 11.9 Å². The fraction of sp³-hybridized carbons (Fsp3) is 0.200. The Morgan fingerprint density at radius 2 is 1.82 bits per heavy atom. The molecule has 1 heterocycles. The first kappa shape index (κ1) is 13.0. The van der Waals surface area contributed by atoms with Gasteiger partial charge in [0.25, 0.3) is 5.91 Å². The molecule has 1 amide bonds. The molecule has 0 saturated heterocycles. The third kappa shape index (κ3) is 3.47. The molecule has 17 heavy (non-hydrogen) atoms. The number of nitrogens with one attached hydrogen (secondary N) is 1. The molecular weight excluding hydrogens is 239 g/mol. The van der Waals surface area contributed by atoms with Crippen LogP contribution in [0.15, 0.2) is 24.3 Å². The van der Waals surface area contributed by atoms with E-state index in [1.807, 2.05) is 24.3 Å². The summed E-state index contributed by atoms with van der Waals surface area (Å²) < 4.78 is 31.7. The highest BCUT2D eigenvalue weighted by Crippen LogP contribution is 2.13. The van der Waals surface area contributed by atoms with Gasteiger partial charge in [-0.25, -0.2) is 4.79 Å². The molecule has 2 rings (SSSR count). The molecule has 0 bridgehead atoms. The van der Waals surface area contributed by atoms with E-state index in [4.69, 9.17) is 9.90 Å². The number of aliphatic carboxylic acids is 1. The SMILES string of the molecule is O=C(O)C(F)(F)F.O=C1NCc2ccccc21. The molecule has 7 heteroatoms. The number of hydrogen-bond donors (Lipinski definition) is 2. The topological polar surface area (TPSA) is 66.4 Å². The van der Waals surface area contributed by atoms with Crippen molar-refractivity contribution in [2.45, 2.75) is 12.7 Å². The Kier molecular flexibility index (Phi) is 3.72. The van der Waals surface area contributed by atoms with Gasteiger partial charge in [0.2, 0.25) is 0 Å². The van der Waals surface area contributed by atoms with E-state index in [9.17, 15) is 18.0 Å². The van der Waals surface area contributed by atoms with Gasteiger partial charge in [0.1, 0.15) is 0 Å². The average molecular weight is 247 g/mol. The summed E-state index contributed by atoms with van der Waals surface area (Å²) in [7, 11) is 0. The molecule has 0 aromatic heterocycles. The van der Waals surface area contributed by atoms with Gasteiger partial charge >= 0.3 is 12.1 Å². The van der Waals surface area contributed by atoms with E-state index in [1.54, 1.807) is 0 Å². The highest BCUT2D eigenvalue weighted by atomic mass is 19.4. The number of amides is 1. The maximum absolute atomic E-state index is 11.0. The fourth-order valence-corrected chi connectivity index (χ4v) is 1.17. The van der Waals surface area contributed by atoms with Gasteiger partial charge in [-0.3, -0.25) is 4.79 Å². The Bertz CT molecular complexity index is 443. The van der Waals surface area contributed by atoms with Crippen LogP contribution in [0.4, 0.5) is 13.2 Å². The summed E-state index contributed by atoms with van der Waals surface area (Å²) >= 11 is 0. The van der Waals surface area contributed by atoms with E-state index >= 15 is 0 Å². The number of carbonyl (C=O) groups is 2. The molecule has 92 valence electrons. The Hall–Kier alpha value is -2.05. The molecular formula is C10H8F3NO3. The highest BCUT2D eigenvalue weighted by molar-refractivity contribution is 5.98. The lowest BCUT2D eigenvalue weighted by Crippen LogP contribution is -2.21. The lowest BCUT2D eigenvalue weighted by atomic mass is 10.1. The number of fused-ring (bicyclic) bond motifs is 1. The molecule has 4 nitrogen and oxygen atoms in total. The third-order valence-electron chi connectivity index (χ3n) is 1.94. The van der Waals surface area contributed by atoms with Crippen LogP contribution in [0.2, 0.25) is 0 Å². The zero-order chi connectivity index (χ0) is 13.1. The largest absolute Gasteiger partial charge is 0.490 e. The minimum absolute atomic E-state index is 0.0515. The standard InChI is InChI=1S/C8H7NO.C2HF3O2/c10-8-7-4-2-1-3-6(7)5-9-8;3-2(4,5)1(6)7/h1-4H,5H2,(H,9,10);(H,6,7). The van der Waals surface area contributed by atoms with E-state index in [1.165, 1.54) is 0 Å². The second-order valence-electron chi connectivity index (χ2n) is 3.14. The summed E-state index contributed by atoms with van der Waals surface area (Å²) in [5.41, 5.74) is 1.93. The van der Waals surface area contributed by atoms with Crippen LogP contribution in [0.3, 0.4) is 0 Å². The van der Waals surface area contributed by atoms with Gasteiger partial charge in [-0.2, -0.15) is 13.2 Å². The summed E-state index contributed by atoms with van der Waals surface area (Å²) in [5, 5.41) is 9.87. The van der Waals surface area contributed by atoms with Crippen LogP contribution in [-0.4, -0.2) is 23.2 Å². The maximum atomic E-state index is 11.0. The average Bonchev–Trinajstić information content (AvgIpc) is 2.61. The molecule has 0 spiro atoms. The summed E-state index contributed by atoms with van der Waals surface area (Å²) in [5.74, 6) is -2.71. The molecule has 1 aromatic rings. The number of hydrogen-bond acceptors (Lipinski definition) is 2. The van der Waals surface area contributed by atoms with Crippen LogP contribution in [-0.2, 0) is 11.3 Å². The Morgan fingerprint density at radius 3 is 2.29 bits per heavy atom. The van der Waals surface area contributed by atoms with Gasteiger partial charge in [-0.05, 0) is 11.6 Å². The maximum Gasteiger partial charge on any atom is 0.490 e. The predicted octanol–water partition coefficient (Wildman–Crippen LogP) is 1.56. The van der Waals surface area contributed by atoms with Crippen molar-refractivity contribution < 1.29 is 27.9 Å². The second-order valence-corrected chi connectivity index (χ2v) is 3.14. The van der Waals surface area contributed by atoms with Crippen LogP contribution in [0.25, 0.3) is 0 Å². The summed E-state index contributed by atoms with van der Waals surface area (Å²) in [6.45, 7) is 0.689. The van der Waals surface area contributed by atoms with Crippen molar-refractivity contribution in [2.75, 3.05) is 0 Å². The summed E-state index contributed by atoms with van der Waals surface area (Å²) in [4.78, 5) is 19.9. The zero-order valence-corrected chi connectivity index (χ0v) is 8.41. The molecule has 0 unspecified atom stereocenters. The van der Waals surface area contributed by atoms with Crippen molar-refractivity contribution in [3.05, 3.63) is 35.4 Å². The van der Waals surface area contributed by atoms with E-state index in [0.717, 1.165) is 11.1 Å². The van der Waals surface area contributed by atoms with Gasteiger partial charge in [0.05, 0.1) is 0 Å². The van der Waals surface area contributed by atoms with Crippen molar-refractivity contribution in [3.63, 3.8) is 0 Å². The van der Waals surface area contributed by atoms with E-state index < -0.39 is 12.1 Å². The first-order valence-electron chi connectivity index (χ1n) is 4.48. The predicted molar refractivity (Wildman–Crippen MR) is 51.3 cm³/mol. The first-order valence-corrected chi connectivity index (χ1v) is 4.48. The minimum atomic E-state index is -5.08. The molecule has 1 aromatic carbocycles. The molecule has 0 atom stereocenters. The van der Waals surface area contributed by atoms with Gasteiger partial charge in [0, 0.05) is 12.1 Å². The van der Waals surface area contributed by atoms with Crippen LogP contribution in [0, 0.1) is 0 Å². The number of carboxylic acids is 1. The zero-order valence-electron chi connectivity index (χ0n) is 8.41. The second kappa shape index (κ2) is 4.86. The molecule has 0 radical (unpaired) electrons. The van der Waals surface area contributed by atoms with Crippen LogP contribution in [0.5, 0.6) is 0 Å². The Morgan fingerprint density at radius 1 is 1.29 bits per heavy atom. The molecule has 0 aliphatic carbocycles. The van der Waals surface area contributed by atoms with E-state index in [2.05, 4.69) is 5.32 Å². The molecule has 0 saturated carbocycles. The van der Waals surface area contributed by atoms with Gasteiger partial charge in [-0.15, -0.1) is 0 Å². The number of carbonyl (C=O) groups excluding carboxylic acids is 1. The normalized spacial score (nSPS) is 13.2. The smallest absolute Gasteiger partial charge is 0.475 e. The number of carboxylic acid groups (broad SMARTS) is 1. The van der Waals surface area contributed by atoms with Crippen molar-refractivity contribution in [1.29, 1.82) is 0 Å².